The van der Waals surface area contributed by atoms with E-state index in [1.165, 1.54) is 77.3 Å². The molecule has 9 rings (SSSR count). The van der Waals surface area contributed by atoms with E-state index in [2.05, 4.69) is 135 Å². The van der Waals surface area contributed by atoms with Crippen molar-refractivity contribution in [1.29, 1.82) is 0 Å². The Morgan fingerprint density at radius 2 is 1.50 bits per heavy atom. The summed E-state index contributed by atoms with van der Waals surface area (Å²) in [7, 11) is 0. The molecule has 0 atom stereocenters. The summed E-state index contributed by atoms with van der Waals surface area (Å²) in [5.41, 5.74) is 11.0. The fraction of sp³-hybridized carbons (Fsp3) is 0.190. The van der Waals surface area contributed by atoms with Gasteiger partial charge in [0.15, 0.2) is 0 Å². The first-order chi connectivity index (χ1) is 22.5. The number of rotatable bonds is 3. The predicted molar refractivity (Wildman–Crippen MR) is 195 cm³/mol. The number of aromatic nitrogens is 3. The summed E-state index contributed by atoms with van der Waals surface area (Å²) in [6.45, 7) is 6.87. The molecular formula is C42H35N3S. The van der Waals surface area contributed by atoms with Gasteiger partial charge in [0.05, 0.1) is 16.7 Å². The summed E-state index contributed by atoms with van der Waals surface area (Å²) in [4.78, 5) is 10.5. The van der Waals surface area contributed by atoms with Gasteiger partial charge in [-0.2, -0.15) is 0 Å². The molecule has 0 radical (unpaired) electrons. The van der Waals surface area contributed by atoms with Gasteiger partial charge in [0.1, 0.15) is 5.82 Å². The molecule has 46 heavy (non-hydrogen) atoms. The van der Waals surface area contributed by atoms with E-state index in [0.29, 0.717) is 0 Å². The zero-order valence-corrected chi connectivity index (χ0v) is 27.3. The Bertz CT molecular complexity index is 2460. The van der Waals surface area contributed by atoms with E-state index in [4.69, 9.17) is 9.97 Å². The average molecular weight is 614 g/mol. The topological polar surface area (TPSA) is 30.7 Å². The standard InChI is InChI=1S/C42H35N3S/c1-42(2,3)28-21-23-36(33(24-28)26-12-5-4-6-13-26)45-37-22-20-27-14-7-8-15-29(27)38(37)44-41(45)32-18-11-17-30-34-25-43-35-19-10-9-16-31(35)40(34)46-39(30)32/h4-8,11-15,17-18,20-25H,9-10,16,19H2,1-3H3. The van der Waals surface area contributed by atoms with Gasteiger partial charge in [0, 0.05) is 48.6 Å². The monoisotopic (exact) mass is 613 g/mol. The largest absolute Gasteiger partial charge is 0.292 e. The van der Waals surface area contributed by atoms with Crippen LogP contribution in [-0.2, 0) is 18.3 Å². The average Bonchev–Trinajstić information content (AvgIpc) is 3.67. The van der Waals surface area contributed by atoms with Crippen LogP contribution < -0.4 is 0 Å². The SMILES string of the molecule is CC(C)(C)c1ccc(-n2c(-c3cccc4c3sc3c5c(ncc34)CCCC5)nc3c4ccccc4ccc32)c(-c2ccccc2)c1. The molecule has 224 valence electrons. The van der Waals surface area contributed by atoms with E-state index < -0.39 is 0 Å². The molecule has 8 aromatic rings. The number of hydrogen-bond donors (Lipinski definition) is 0. The Kier molecular flexibility index (Phi) is 6.20. The fourth-order valence-corrected chi connectivity index (χ4v) is 8.75. The second kappa shape index (κ2) is 10.4. The Morgan fingerprint density at radius 1 is 0.696 bits per heavy atom. The van der Waals surface area contributed by atoms with Crippen molar-refractivity contribution in [2.24, 2.45) is 0 Å². The first-order valence-corrected chi connectivity index (χ1v) is 17.2. The lowest BCUT2D eigenvalue weighted by molar-refractivity contribution is 0.590. The second-order valence-electron chi connectivity index (χ2n) is 13.7. The van der Waals surface area contributed by atoms with Crippen LogP contribution in [0.2, 0.25) is 0 Å². The number of aryl methyl sites for hydroxylation is 2. The lowest BCUT2D eigenvalue weighted by atomic mass is 9.85. The summed E-state index contributed by atoms with van der Waals surface area (Å²) in [5.74, 6) is 0.978. The highest BCUT2D eigenvalue weighted by atomic mass is 32.1. The maximum Gasteiger partial charge on any atom is 0.147 e. The van der Waals surface area contributed by atoms with Crippen LogP contribution in [0, 0.1) is 0 Å². The molecule has 4 heteroatoms. The summed E-state index contributed by atoms with van der Waals surface area (Å²) in [6, 6.07) is 37.7. The van der Waals surface area contributed by atoms with Crippen molar-refractivity contribution < 1.29 is 0 Å². The third-order valence-corrected chi connectivity index (χ3v) is 11.1. The van der Waals surface area contributed by atoms with E-state index in [0.717, 1.165) is 35.4 Å². The van der Waals surface area contributed by atoms with Crippen molar-refractivity contribution in [3.8, 4) is 28.2 Å². The van der Waals surface area contributed by atoms with Crippen LogP contribution in [0.3, 0.4) is 0 Å². The summed E-state index contributed by atoms with van der Waals surface area (Å²) in [5, 5.41) is 4.92. The highest BCUT2D eigenvalue weighted by Crippen LogP contribution is 2.45. The van der Waals surface area contributed by atoms with E-state index >= 15 is 0 Å². The highest BCUT2D eigenvalue weighted by Gasteiger charge is 2.24. The fourth-order valence-electron chi connectivity index (χ4n) is 7.37. The normalized spacial score (nSPS) is 13.6. The molecule has 0 bridgehead atoms. The molecule has 0 unspecified atom stereocenters. The summed E-state index contributed by atoms with van der Waals surface area (Å²) >= 11 is 1.93. The molecule has 3 heterocycles. The molecule has 0 fully saturated rings. The number of pyridine rings is 1. The van der Waals surface area contributed by atoms with Crippen LogP contribution in [0.5, 0.6) is 0 Å². The van der Waals surface area contributed by atoms with Crippen molar-refractivity contribution in [3.05, 3.63) is 126 Å². The second-order valence-corrected chi connectivity index (χ2v) is 14.7. The molecular weight excluding hydrogens is 579 g/mol. The smallest absolute Gasteiger partial charge is 0.147 e. The zero-order chi connectivity index (χ0) is 31.0. The molecule has 0 spiro atoms. The minimum Gasteiger partial charge on any atom is -0.292 e. The van der Waals surface area contributed by atoms with Gasteiger partial charge >= 0.3 is 0 Å². The van der Waals surface area contributed by atoms with Crippen molar-refractivity contribution in [2.45, 2.75) is 51.9 Å². The minimum absolute atomic E-state index is 0.0218. The Morgan fingerprint density at radius 3 is 2.37 bits per heavy atom. The molecule has 0 saturated heterocycles. The molecule has 0 amide bonds. The van der Waals surface area contributed by atoms with E-state index in [9.17, 15) is 0 Å². The Balaban J connectivity index is 1.40. The van der Waals surface area contributed by atoms with Crippen molar-refractivity contribution >= 4 is 53.3 Å². The van der Waals surface area contributed by atoms with E-state index in [1.807, 2.05) is 11.3 Å². The van der Waals surface area contributed by atoms with Gasteiger partial charge in [0.2, 0.25) is 0 Å². The van der Waals surface area contributed by atoms with Crippen LogP contribution in [0.25, 0.3) is 70.2 Å². The zero-order valence-electron chi connectivity index (χ0n) is 26.5. The number of hydrogen-bond acceptors (Lipinski definition) is 3. The number of fused-ring (bicyclic) bond motifs is 8. The minimum atomic E-state index is 0.0218. The van der Waals surface area contributed by atoms with Gasteiger partial charge < -0.3 is 0 Å². The van der Waals surface area contributed by atoms with Crippen molar-refractivity contribution in [3.63, 3.8) is 0 Å². The van der Waals surface area contributed by atoms with Gasteiger partial charge in [-0.15, -0.1) is 11.3 Å². The van der Waals surface area contributed by atoms with E-state index in [-0.39, 0.29) is 5.41 Å². The van der Waals surface area contributed by atoms with Crippen LogP contribution in [-0.4, -0.2) is 14.5 Å². The molecule has 0 saturated carbocycles. The number of imidazole rings is 1. The summed E-state index contributed by atoms with van der Waals surface area (Å²) < 4.78 is 5.11. The van der Waals surface area contributed by atoms with Crippen LogP contribution >= 0.6 is 11.3 Å². The number of benzene rings is 5. The Hall–Kier alpha value is -4.80. The van der Waals surface area contributed by atoms with Gasteiger partial charge in [-0.3, -0.25) is 9.55 Å². The molecule has 5 aromatic carbocycles. The van der Waals surface area contributed by atoms with Crippen molar-refractivity contribution in [2.75, 3.05) is 0 Å². The highest BCUT2D eigenvalue weighted by molar-refractivity contribution is 7.26. The molecule has 1 aliphatic rings. The molecule has 3 aromatic heterocycles. The van der Waals surface area contributed by atoms with Crippen LogP contribution in [0.15, 0.2) is 109 Å². The van der Waals surface area contributed by atoms with Gasteiger partial charge in [-0.25, -0.2) is 4.98 Å². The quantitative estimate of drug-likeness (QED) is 0.198. The first kappa shape index (κ1) is 27.5. The van der Waals surface area contributed by atoms with Crippen molar-refractivity contribution in [1.82, 2.24) is 14.5 Å². The Labute approximate surface area is 273 Å². The lowest BCUT2D eigenvalue weighted by Crippen LogP contribution is -2.12. The van der Waals surface area contributed by atoms with Gasteiger partial charge in [-0.1, -0.05) is 99.6 Å². The maximum atomic E-state index is 5.56. The predicted octanol–water partition coefficient (Wildman–Crippen LogP) is 11.5. The third-order valence-electron chi connectivity index (χ3n) is 9.80. The number of nitrogens with zero attached hydrogens (tertiary/aromatic N) is 3. The van der Waals surface area contributed by atoms with E-state index in [1.54, 1.807) is 0 Å². The third kappa shape index (κ3) is 4.24. The maximum absolute atomic E-state index is 5.56. The van der Waals surface area contributed by atoms with Gasteiger partial charge in [0.25, 0.3) is 0 Å². The summed E-state index contributed by atoms with van der Waals surface area (Å²) in [6.07, 6.45) is 6.80. The van der Waals surface area contributed by atoms with Crippen LogP contribution in [0.4, 0.5) is 0 Å². The molecule has 3 nitrogen and oxygen atoms in total. The first-order valence-electron chi connectivity index (χ1n) is 16.4. The molecule has 0 N–H and O–H groups in total. The molecule has 1 aliphatic carbocycles. The van der Waals surface area contributed by atoms with Crippen LogP contribution in [0.1, 0.15) is 50.4 Å². The molecule has 0 aliphatic heterocycles. The number of thiophene rings is 1. The lowest BCUT2D eigenvalue weighted by Gasteiger charge is -2.23. The van der Waals surface area contributed by atoms with Gasteiger partial charge in [-0.05, 0) is 77.4 Å².